The number of anilines is 1. The Morgan fingerprint density at radius 1 is 1.21 bits per heavy atom. The molecule has 180 valence electrons. The van der Waals surface area contributed by atoms with Crippen LogP contribution in [0, 0.1) is 13.8 Å². The van der Waals surface area contributed by atoms with E-state index in [1.165, 1.54) is 11.1 Å². The molecule has 0 spiro atoms. The molecule has 9 nitrogen and oxygen atoms in total. The van der Waals surface area contributed by atoms with Gasteiger partial charge < -0.3 is 21.3 Å². The van der Waals surface area contributed by atoms with Crippen molar-refractivity contribution in [2.75, 3.05) is 18.4 Å². The van der Waals surface area contributed by atoms with Crippen molar-refractivity contribution >= 4 is 28.7 Å². The number of likely N-dealkylation sites (tertiary alicyclic amines) is 1. The molecule has 1 unspecified atom stereocenters. The molecular formula is C25H33N7O2. The normalized spacial score (nSPS) is 16.6. The van der Waals surface area contributed by atoms with Gasteiger partial charge in [-0.15, -0.1) is 0 Å². The number of aryl methyl sites for hydroxylation is 3. The fraction of sp³-hybridized carbons (Fsp3) is 0.440. The Bertz CT molecular complexity index is 1220. The summed E-state index contributed by atoms with van der Waals surface area (Å²) in [6.45, 7) is 9.96. The Balaban J connectivity index is 1.66. The van der Waals surface area contributed by atoms with Crippen LogP contribution >= 0.6 is 0 Å². The number of amides is 3. The van der Waals surface area contributed by atoms with E-state index < -0.39 is 6.03 Å². The van der Waals surface area contributed by atoms with Gasteiger partial charge in [0, 0.05) is 31.9 Å². The number of nitrogens with one attached hydrogen (secondary N) is 2. The van der Waals surface area contributed by atoms with E-state index in [1.807, 2.05) is 6.92 Å². The molecule has 9 heteroatoms. The van der Waals surface area contributed by atoms with Gasteiger partial charge in [-0.3, -0.25) is 4.79 Å². The smallest absolute Gasteiger partial charge is 0.314 e. The molecule has 1 aromatic carbocycles. The van der Waals surface area contributed by atoms with E-state index in [0.29, 0.717) is 36.5 Å². The first kappa shape index (κ1) is 23.5. The number of carbonyl (C=O) groups excluding carboxylic acids is 2. The summed E-state index contributed by atoms with van der Waals surface area (Å²) in [5, 5.41) is 11.9. The van der Waals surface area contributed by atoms with Crippen molar-refractivity contribution in [2.24, 2.45) is 5.73 Å². The molecule has 1 aliphatic heterocycles. The standard InChI is InChI=1S/C25H33N7O2/c1-5-21(17-8-7-15(3)16(4)11-17)30-24(33)20-12-27-23-19(13-28-32(23)6-2)22(20)29-18-9-10-31(14-18)25(26)34/h7-8,11-13,18,21H,5-6,9-10,14H2,1-4H3,(H2,26,34)(H,27,29)(H,30,33)/t18-,21?/m1/s1. The van der Waals surface area contributed by atoms with E-state index in [4.69, 9.17) is 5.73 Å². The Morgan fingerprint density at radius 2 is 2.00 bits per heavy atom. The van der Waals surface area contributed by atoms with Crippen LogP contribution in [-0.4, -0.2) is 50.7 Å². The van der Waals surface area contributed by atoms with Crippen LogP contribution in [-0.2, 0) is 6.54 Å². The highest BCUT2D eigenvalue weighted by Crippen LogP contribution is 2.29. The summed E-state index contributed by atoms with van der Waals surface area (Å²) in [5.74, 6) is -0.198. The monoisotopic (exact) mass is 463 g/mol. The first-order valence-electron chi connectivity index (χ1n) is 11.9. The lowest BCUT2D eigenvalue weighted by Gasteiger charge is -2.22. The average molecular weight is 464 g/mol. The second kappa shape index (κ2) is 9.70. The maximum absolute atomic E-state index is 13.5. The number of nitrogens with zero attached hydrogens (tertiary/aromatic N) is 4. The van der Waals surface area contributed by atoms with Gasteiger partial charge in [-0.2, -0.15) is 5.10 Å². The average Bonchev–Trinajstić information content (AvgIpc) is 3.46. The number of hydrogen-bond acceptors (Lipinski definition) is 5. The lowest BCUT2D eigenvalue weighted by atomic mass is 9.99. The van der Waals surface area contributed by atoms with Crippen LogP contribution in [0.5, 0.6) is 0 Å². The third-order valence-corrected chi connectivity index (χ3v) is 6.71. The number of hydrogen-bond donors (Lipinski definition) is 3. The molecule has 3 amide bonds. The number of primary amides is 1. The molecule has 1 saturated heterocycles. The number of benzene rings is 1. The predicted molar refractivity (Wildman–Crippen MR) is 133 cm³/mol. The minimum atomic E-state index is -0.430. The van der Waals surface area contributed by atoms with Crippen LogP contribution in [0.25, 0.3) is 11.0 Å². The largest absolute Gasteiger partial charge is 0.379 e. The molecule has 0 radical (unpaired) electrons. The number of nitrogens with two attached hydrogens (primary N) is 1. The molecule has 0 saturated carbocycles. The third-order valence-electron chi connectivity index (χ3n) is 6.71. The topological polar surface area (TPSA) is 118 Å². The number of urea groups is 1. The highest BCUT2D eigenvalue weighted by atomic mass is 16.2. The SMILES string of the molecule is CCC(NC(=O)c1cnc2c(cnn2CC)c1N[C@@H]1CCN(C(N)=O)C1)c1ccc(C)c(C)c1. The first-order valence-corrected chi connectivity index (χ1v) is 11.9. The van der Waals surface area contributed by atoms with Gasteiger partial charge >= 0.3 is 6.03 Å². The van der Waals surface area contributed by atoms with E-state index in [-0.39, 0.29) is 18.0 Å². The Hall–Kier alpha value is -3.62. The summed E-state index contributed by atoms with van der Waals surface area (Å²) >= 11 is 0. The quantitative estimate of drug-likeness (QED) is 0.495. The zero-order valence-corrected chi connectivity index (χ0v) is 20.3. The summed E-state index contributed by atoms with van der Waals surface area (Å²) in [4.78, 5) is 31.3. The van der Waals surface area contributed by atoms with Crippen molar-refractivity contribution in [3.05, 3.63) is 52.8 Å². The van der Waals surface area contributed by atoms with Gasteiger partial charge in [0.25, 0.3) is 5.91 Å². The van der Waals surface area contributed by atoms with Crippen molar-refractivity contribution in [3.8, 4) is 0 Å². The number of pyridine rings is 1. The minimum Gasteiger partial charge on any atom is -0.379 e. The lowest BCUT2D eigenvalue weighted by molar-refractivity contribution is 0.0936. The van der Waals surface area contributed by atoms with E-state index in [1.54, 1.807) is 22.0 Å². The fourth-order valence-electron chi connectivity index (χ4n) is 4.51. The highest BCUT2D eigenvalue weighted by Gasteiger charge is 2.28. The molecule has 2 atom stereocenters. The molecule has 0 aliphatic carbocycles. The predicted octanol–water partition coefficient (Wildman–Crippen LogP) is 3.51. The van der Waals surface area contributed by atoms with Crippen LogP contribution < -0.4 is 16.4 Å². The maximum atomic E-state index is 13.5. The van der Waals surface area contributed by atoms with Crippen molar-refractivity contribution in [3.63, 3.8) is 0 Å². The van der Waals surface area contributed by atoms with Crippen molar-refractivity contribution < 1.29 is 9.59 Å². The number of fused-ring (bicyclic) bond motifs is 1. The van der Waals surface area contributed by atoms with E-state index in [0.717, 1.165) is 23.8 Å². The van der Waals surface area contributed by atoms with Gasteiger partial charge in [0.1, 0.15) is 0 Å². The van der Waals surface area contributed by atoms with Crippen LogP contribution in [0.1, 0.15) is 59.8 Å². The highest BCUT2D eigenvalue weighted by molar-refractivity contribution is 6.06. The second-order valence-electron chi connectivity index (χ2n) is 8.94. The Kier molecular flexibility index (Phi) is 6.72. The molecule has 1 fully saturated rings. The fourth-order valence-corrected chi connectivity index (χ4v) is 4.51. The van der Waals surface area contributed by atoms with Crippen LogP contribution in [0.15, 0.2) is 30.6 Å². The molecule has 34 heavy (non-hydrogen) atoms. The molecule has 0 bridgehead atoms. The van der Waals surface area contributed by atoms with E-state index >= 15 is 0 Å². The summed E-state index contributed by atoms with van der Waals surface area (Å²) in [6, 6.07) is 5.72. The minimum absolute atomic E-state index is 0.0173. The number of aromatic nitrogens is 3. The number of rotatable bonds is 7. The van der Waals surface area contributed by atoms with Gasteiger partial charge in [0.05, 0.1) is 28.9 Å². The lowest BCUT2D eigenvalue weighted by Crippen LogP contribution is -2.36. The van der Waals surface area contributed by atoms with E-state index in [9.17, 15) is 9.59 Å². The maximum Gasteiger partial charge on any atom is 0.314 e. The number of carbonyl (C=O) groups is 2. The molecule has 1 aliphatic rings. The molecule has 4 rings (SSSR count). The van der Waals surface area contributed by atoms with Crippen molar-refractivity contribution in [1.29, 1.82) is 0 Å². The van der Waals surface area contributed by atoms with Crippen LogP contribution in [0.3, 0.4) is 0 Å². The third kappa shape index (κ3) is 4.55. The van der Waals surface area contributed by atoms with Gasteiger partial charge in [-0.1, -0.05) is 25.1 Å². The Morgan fingerprint density at radius 3 is 2.65 bits per heavy atom. The zero-order valence-electron chi connectivity index (χ0n) is 20.3. The Labute approximate surface area is 199 Å². The van der Waals surface area contributed by atoms with Crippen LogP contribution in [0.4, 0.5) is 10.5 Å². The summed E-state index contributed by atoms with van der Waals surface area (Å²) in [6.07, 6.45) is 4.86. The van der Waals surface area contributed by atoms with Crippen LogP contribution in [0.2, 0.25) is 0 Å². The van der Waals surface area contributed by atoms with Crippen molar-refractivity contribution in [1.82, 2.24) is 25.0 Å². The van der Waals surface area contributed by atoms with Gasteiger partial charge in [-0.05, 0) is 50.3 Å². The van der Waals surface area contributed by atoms with E-state index in [2.05, 4.69) is 59.7 Å². The summed E-state index contributed by atoms with van der Waals surface area (Å²) in [7, 11) is 0. The first-order chi connectivity index (χ1) is 16.3. The van der Waals surface area contributed by atoms with Gasteiger partial charge in [-0.25, -0.2) is 14.5 Å². The molecular weight excluding hydrogens is 430 g/mol. The van der Waals surface area contributed by atoms with Gasteiger partial charge in [0.15, 0.2) is 5.65 Å². The molecule has 3 aromatic rings. The molecule has 3 heterocycles. The summed E-state index contributed by atoms with van der Waals surface area (Å²) < 4.78 is 1.80. The zero-order chi connectivity index (χ0) is 24.4. The van der Waals surface area contributed by atoms with Crippen molar-refractivity contribution in [2.45, 2.75) is 59.2 Å². The molecule has 4 N–H and O–H groups in total. The molecule has 2 aromatic heterocycles. The van der Waals surface area contributed by atoms with Gasteiger partial charge in [0.2, 0.25) is 0 Å². The summed E-state index contributed by atoms with van der Waals surface area (Å²) in [5.41, 5.74) is 10.8. The second-order valence-corrected chi connectivity index (χ2v) is 8.94.